The van der Waals surface area contributed by atoms with Gasteiger partial charge in [-0.3, -0.25) is 4.21 Å². The second kappa shape index (κ2) is 10.2. The minimum absolute atomic E-state index is 0.363. The summed E-state index contributed by atoms with van der Waals surface area (Å²) >= 11 is 0. The Morgan fingerprint density at radius 2 is 2.06 bits per heavy atom. The first kappa shape index (κ1) is 16.0. The summed E-state index contributed by atoms with van der Waals surface area (Å²) in [5.74, 6) is 1.84. The van der Waals surface area contributed by atoms with E-state index in [1.807, 2.05) is 6.92 Å². The molecule has 4 nitrogen and oxygen atoms in total. The second-order valence-corrected chi connectivity index (χ2v) is 6.09. The molecular formula is C11H25NO3S. The van der Waals surface area contributed by atoms with E-state index in [-0.39, 0.29) is 0 Å². The highest BCUT2D eigenvalue weighted by atomic mass is 32.2. The highest BCUT2D eigenvalue weighted by molar-refractivity contribution is 7.84. The number of aliphatic hydroxyl groups is 1. The van der Waals surface area contributed by atoms with Crippen LogP contribution in [0.15, 0.2) is 0 Å². The van der Waals surface area contributed by atoms with Crippen LogP contribution in [0.3, 0.4) is 0 Å². The average Bonchev–Trinajstić information content (AvgIpc) is 2.23. The molecule has 0 spiro atoms. The number of ether oxygens (including phenoxy) is 1. The van der Waals surface area contributed by atoms with E-state index in [1.54, 1.807) is 0 Å². The van der Waals surface area contributed by atoms with Crippen molar-refractivity contribution >= 4 is 10.8 Å². The maximum atomic E-state index is 11.1. The van der Waals surface area contributed by atoms with E-state index >= 15 is 0 Å². The van der Waals surface area contributed by atoms with Crippen LogP contribution in [-0.4, -0.2) is 53.2 Å². The van der Waals surface area contributed by atoms with Crippen LogP contribution in [0.25, 0.3) is 0 Å². The Hall–Kier alpha value is 0.0300. The van der Waals surface area contributed by atoms with Crippen LogP contribution in [0.4, 0.5) is 0 Å². The van der Waals surface area contributed by atoms with Crippen molar-refractivity contribution < 1.29 is 14.1 Å². The van der Waals surface area contributed by atoms with E-state index in [0.29, 0.717) is 43.7 Å². The van der Waals surface area contributed by atoms with Gasteiger partial charge in [0.15, 0.2) is 0 Å². The first-order valence-corrected chi connectivity index (χ1v) is 7.36. The fraction of sp³-hybridized carbons (Fsp3) is 1.00. The second-order valence-electron chi connectivity index (χ2n) is 4.22. The number of rotatable bonds is 10. The summed E-state index contributed by atoms with van der Waals surface area (Å²) in [6, 6.07) is 0. The standard InChI is InChI=1S/C11H25NO3S/c1-4-16(14)6-5-12-7-11(13)9-15-8-10(2)3/h10-13H,4-9H2,1-3H3. The molecule has 0 radical (unpaired) electrons. The molecule has 0 heterocycles. The largest absolute Gasteiger partial charge is 0.389 e. The normalized spacial score (nSPS) is 15.3. The third-order valence-corrected chi connectivity index (χ3v) is 3.27. The van der Waals surface area contributed by atoms with Gasteiger partial charge in [0, 0.05) is 42.0 Å². The third-order valence-electron chi connectivity index (χ3n) is 1.97. The maximum Gasteiger partial charge on any atom is 0.0897 e. The molecule has 0 fully saturated rings. The Labute approximate surface area is 101 Å². The van der Waals surface area contributed by atoms with E-state index in [9.17, 15) is 9.32 Å². The first-order chi connectivity index (χ1) is 7.56. The molecule has 0 aliphatic rings. The number of aliphatic hydroxyl groups excluding tert-OH is 1. The van der Waals surface area contributed by atoms with Crippen LogP contribution in [0.2, 0.25) is 0 Å². The summed E-state index contributed by atoms with van der Waals surface area (Å²) in [5, 5.41) is 12.6. The maximum absolute atomic E-state index is 11.1. The van der Waals surface area contributed by atoms with Gasteiger partial charge in [-0.2, -0.15) is 0 Å². The minimum atomic E-state index is -0.729. The topological polar surface area (TPSA) is 58.6 Å². The van der Waals surface area contributed by atoms with Gasteiger partial charge in [-0.15, -0.1) is 0 Å². The molecule has 2 N–H and O–H groups in total. The average molecular weight is 251 g/mol. The van der Waals surface area contributed by atoms with Crippen molar-refractivity contribution in [1.29, 1.82) is 0 Å². The van der Waals surface area contributed by atoms with Gasteiger partial charge in [-0.05, 0) is 5.92 Å². The van der Waals surface area contributed by atoms with Gasteiger partial charge in [0.05, 0.1) is 12.7 Å². The molecule has 2 unspecified atom stereocenters. The zero-order valence-corrected chi connectivity index (χ0v) is 11.4. The van der Waals surface area contributed by atoms with Crippen molar-refractivity contribution in [2.45, 2.75) is 26.9 Å². The monoisotopic (exact) mass is 251 g/mol. The fourth-order valence-electron chi connectivity index (χ4n) is 1.10. The summed E-state index contributed by atoms with van der Waals surface area (Å²) in [6.07, 6.45) is -0.478. The Morgan fingerprint density at radius 1 is 1.38 bits per heavy atom. The predicted octanol–water partition coefficient (Wildman–Crippen LogP) is 0.378. The van der Waals surface area contributed by atoms with E-state index in [2.05, 4.69) is 19.2 Å². The lowest BCUT2D eigenvalue weighted by Crippen LogP contribution is -2.33. The summed E-state index contributed by atoms with van der Waals surface area (Å²) < 4.78 is 16.4. The quantitative estimate of drug-likeness (QED) is 0.551. The highest BCUT2D eigenvalue weighted by Gasteiger charge is 2.04. The Morgan fingerprint density at radius 3 is 2.62 bits per heavy atom. The van der Waals surface area contributed by atoms with Gasteiger partial charge in [-0.25, -0.2) is 0 Å². The molecule has 0 saturated carbocycles. The van der Waals surface area contributed by atoms with Gasteiger partial charge >= 0.3 is 0 Å². The fourth-order valence-corrected chi connectivity index (χ4v) is 1.76. The minimum Gasteiger partial charge on any atom is -0.389 e. The van der Waals surface area contributed by atoms with Gasteiger partial charge in [0.2, 0.25) is 0 Å². The van der Waals surface area contributed by atoms with Crippen LogP contribution in [0.5, 0.6) is 0 Å². The molecular weight excluding hydrogens is 226 g/mol. The van der Waals surface area contributed by atoms with E-state index in [0.717, 1.165) is 0 Å². The molecule has 5 heteroatoms. The lowest BCUT2D eigenvalue weighted by molar-refractivity contribution is 0.0264. The first-order valence-electron chi connectivity index (χ1n) is 5.87. The molecule has 0 bridgehead atoms. The predicted molar refractivity (Wildman–Crippen MR) is 68.1 cm³/mol. The number of hydrogen-bond acceptors (Lipinski definition) is 4. The molecule has 0 aromatic carbocycles. The van der Waals surface area contributed by atoms with Crippen LogP contribution in [0.1, 0.15) is 20.8 Å². The molecule has 0 aliphatic heterocycles. The highest BCUT2D eigenvalue weighted by Crippen LogP contribution is 1.93. The SMILES string of the molecule is CCS(=O)CCNCC(O)COCC(C)C. The molecule has 0 aromatic rings. The van der Waals surface area contributed by atoms with Crippen molar-refractivity contribution in [3.63, 3.8) is 0 Å². The van der Waals surface area contributed by atoms with E-state index in [4.69, 9.17) is 4.74 Å². The summed E-state index contributed by atoms with van der Waals surface area (Å²) in [5.41, 5.74) is 0. The van der Waals surface area contributed by atoms with Crippen molar-refractivity contribution in [3.05, 3.63) is 0 Å². The summed E-state index contributed by atoms with van der Waals surface area (Å²) in [4.78, 5) is 0. The molecule has 0 amide bonds. The van der Waals surface area contributed by atoms with Crippen molar-refractivity contribution in [1.82, 2.24) is 5.32 Å². The van der Waals surface area contributed by atoms with Crippen molar-refractivity contribution in [3.8, 4) is 0 Å². The Kier molecular flexibility index (Phi) is 10.2. The van der Waals surface area contributed by atoms with Crippen LogP contribution >= 0.6 is 0 Å². The lowest BCUT2D eigenvalue weighted by atomic mass is 10.2. The van der Waals surface area contributed by atoms with Crippen molar-refractivity contribution in [2.24, 2.45) is 5.92 Å². The van der Waals surface area contributed by atoms with Crippen LogP contribution < -0.4 is 5.32 Å². The van der Waals surface area contributed by atoms with Gasteiger partial charge in [0.25, 0.3) is 0 Å². The molecule has 0 saturated heterocycles. The van der Waals surface area contributed by atoms with Crippen LogP contribution in [0, 0.1) is 5.92 Å². The zero-order valence-electron chi connectivity index (χ0n) is 10.6. The van der Waals surface area contributed by atoms with Crippen LogP contribution in [-0.2, 0) is 15.5 Å². The molecule has 2 atom stereocenters. The van der Waals surface area contributed by atoms with Gasteiger partial charge < -0.3 is 15.2 Å². The summed E-state index contributed by atoms with van der Waals surface area (Å²) in [6.45, 7) is 8.28. The van der Waals surface area contributed by atoms with E-state index in [1.165, 1.54) is 0 Å². The van der Waals surface area contributed by atoms with E-state index < -0.39 is 16.9 Å². The number of hydrogen-bond donors (Lipinski definition) is 2. The Balaban J connectivity index is 3.30. The zero-order chi connectivity index (χ0) is 12.4. The molecule has 0 aromatic heterocycles. The van der Waals surface area contributed by atoms with Gasteiger partial charge in [-0.1, -0.05) is 20.8 Å². The number of nitrogens with one attached hydrogen (secondary N) is 1. The molecule has 98 valence electrons. The van der Waals surface area contributed by atoms with Gasteiger partial charge in [0.1, 0.15) is 0 Å². The molecule has 0 rings (SSSR count). The Bertz CT molecular complexity index is 188. The molecule has 16 heavy (non-hydrogen) atoms. The van der Waals surface area contributed by atoms with Crippen molar-refractivity contribution in [2.75, 3.05) is 37.8 Å². The smallest absolute Gasteiger partial charge is 0.0897 e. The molecule has 0 aliphatic carbocycles. The summed E-state index contributed by atoms with van der Waals surface area (Å²) in [7, 11) is -0.729. The lowest BCUT2D eigenvalue weighted by Gasteiger charge is -2.13. The third kappa shape index (κ3) is 10.5.